The van der Waals surface area contributed by atoms with Crippen LogP contribution in [0.15, 0.2) is 54.6 Å². The number of nitrogens with one attached hydrogen (secondary N) is 1. The molecule has 0 bridgehead atoms. The van der Waals surface area contributed by atoms with E-state index in [4.69, 9.17) is 9.47 Å². The standard InChI is InChI=1S/C29H38N2O6/c1-19(2)16-23(30-27(35)37-28(3,4)5)25(32)31-18-29(36-6,17-24(31)26(33)34)22-14-12-21(13-15-22)20-10-8-7-9-11-20/h7-15,19,23-24H,16-18H2,1-6H3,(H,30,35)(H,33,34)/t23?,24-,29-/m0/s1. The van der Waals surface area contributed by atoms with Gasteiger partial charge in [0, 0.05) is 13.5 Å². The molecule has 1 fully saturated rings. The summed E-state index contributed by atoms with van der Waals surface area (Å²) in [7, 11) is 1.53. The zero-order valence-corrected chi connectivity index (χ0v) is 22.5. The lowest BCUT2D eigenvalue weighted by molar-refractivity contribution is -0.149. The van der Waals surface area contributed by atoms with Crippen LogP contribution in [-0.4, -0.2) is 59.3 Å². The zero-order chi connectivity index (χ0) is 27.4. The molecule has 8 nitrogen and oxygen atoms in total. The summed E-state index contributed by atoms with van der Waals surface area (Å²) >= 11 is 0. The minimum absolute atomic E-state index is 0.0502. The first-order valence-corrected chi connectivity index (χ1v) is 12.6. The fourth-order valence-corrected chi connectivity index (χ4v) is 4.74. The number of rotatable bonds is 8. The molecule has 37 heavy (non-hydrogen) atoms. The predicted octanol–water partition coefficient (Wildman–Crippen LogP) is 4.82. The molecule has 2 aromatic carbocycles. The third-order valence-corrected chi connectivity index (χ3v) is 6.50. The molecule has 8 heteroatoms. The van der Waals surface area contributed by atoms with Gasteiger partial charge in [0.05, 0.1) is 6.54 Å². The van der Waals surface area contributed by atoms with E-state index in [1.54, 1.807) is 20.8 Å². The first-order chi connectivity index (χ1) is 17.3. The Labute approximate surface area is 219 Å². The number of carboxylic acids is 1. The quantitative estimate of drug-likeness (QED) is 0.528. The highest BCUT2D eigenvalue weighted by Crippen LogP contribution is 2.40. The molecule has 0 radical (unpaired) electrons. The molecule has 1 aliphatic heterocycles. The first-order valence-electron chi connectivity index (χ1n) is 12.6. The Bertz CT molecular complexity index is 1090. The molecule has 1 unspecified atom stereocenters. The van der Waals surface area contributed by atoms with Gasteiger partial charge in [0.1, 0.15) is 23.3 Å². The van der Waals surface area contributed by atoms with Crippen molar-refractivity contribution in [1.82, 2.24) is 10.2 Å². The summed E-state index contributed by atoms with van der Waals surface area (Å²) in [6.07, 6.45) is -0.282. The van der Waals surface area contributed by atoms with Crippen molar-refractivity contribution in [2.24, 2.45) is 5.92 Å². The minimum atomic E-state index is -1.12. The Morgan fingerprint density at radius 3 is 2.16 bits per heavy atom. The van der Waals surface area contributed by atoms with Crippen LogP contribution in [0.5, 0.6) is 0 Å². The highest BCUT2D eigenvalue weighted by atomic mass is 16.6. The van der Waals surface area contributed by atoms with Crippen LogP contribution < -0.4 is 5.32 Å². The zero-order valence-electron chi connectivity index (χ0n) is 22.5. The second-order valence-electron chi connectivity index (χ2n) is 11.0. The molecule has 3 atom stereocenters. The molecular formula is C29H38N2O6. The summed E-state index contributed by atoms with van der Waals surface area (Å²) in [6.45, 7) is 9.13. The van der Waals surface area contributed by atoms with Gasteiger partial charge in [-0.25, -0.2) is 9.59 Å². The Hall–Kier alpha value is -3.39. The van der Waals surface area contributed by atoms with E-state index in [0.717, 1.165) is 16.7 Å². The second-order valence-corrected chi connectivity index (χ2v) is 11.0. The maximum Gasteiger partial charge on any atom is 0.408 e. The normalized spacial score (nSPS) is 20.5. The lowest BCUT2D eigenvalue weighted by Gasteiger charge is -2.31. The number of carboxylic acid groups (broad SMARTS) is 1. The third-order valence-electron chi connectivity index (χ3n) is 6.50. The van der Waals surface area contributed by atoms with Gasteiger partial charge in [-0.2, -0.15) is 0 Å². The number of benzene rings is 2. The highest BCUT2D eigenvalue weighted by molar-refractivity contribution is 5.90. The monoisotopic (exact) mass is 510 g/mol. The molecule has 0 spiro atoms. The van der Waals surface area contributed by atoms with Gasteiger partial charge in [0.2, 0.25) is 5.91 Å². The van der Waals surface area contributed by atoms with Crippen molar-refractivity contribution in [3.63, 3.8) is 0 Å². The van der Waals surface area contributed by atoms with Gasteiger partial charge in [-0.05, 0) is 49.8 Å². The van der Waals surface area contributed by atoms with Crippen LogP contribution in [0.1, 0.15) is 53.0 Å². The number of nitrogens with zero attached hydrogens (tertiary/aromatic N) is 1. The molecule has 2 aromatic rings. The van der Waals surface area contributed by atoms with Gasteiger partial charge in [0.25, 0.3) is 0 Å². The number of likely N-dealkylation sites (tertiary alicyclic amines) is 1. The van der Waals surface area contributed by atoms with Crippen LogP contribution in [0, 0.1) is 5.92 Å². The molecular weight excluding hydrogens is 472 g/mol. The fraction of sp³-hybridized carbons (Fsp3) is 0.483. The number of hydrogen-bond acceptors (Lipinski definition) is 5. The largest absolute Gasteiger partial charge is 0.480 e. The van der Waals surface area contributed by atoms with E-state index < -0.39 is 41.3 Å². The number of carbonyl (C=O) groups excluding carboxylic acids is 2. The first kappa shape index (κ1) is 28.2. The van der Waals surface area contributed by atoms with E-state index in [2.05, 4.69) is 5.32 Å². The van der Waals surface area contributed by atoms with Gasteiger partial charge in [-0.3, -0.25) is 4.79 Å². The highest BCUT2D eigenvalue weighted by Gasteiger charge is 2.51. The number of carbonyl (C=O) groups is 3. The van der Waals surface area contributed by atoms with Crippen molar-refractivity contribution in [2.45, 2.75) is 70.7 Å². The molecule has 0 saturated carbocycles. The van der Waals surface area contributed by atoms with E-state index in [1.807, 2.05) is 68.4 Å². The van der Waals surface area contributed by atoms with Crippen LogP contribution in [0.3, 0.4) is 0 Å². The fourth-order valence-electron chi connectivity index (χ4n) is 4.74. The minimum Gasteiger partial charge on any atom is -0.480 e. The molecule has 200 valence electrons. The Morgan fingerprint density at radius 2 is 1.65 bits per heavy atom. The van der Waals surface area contributed by atoms with Gasteiger partial charge < -0.3 is 24.8 Å². The Balaban J connectivity index is 1.89. The van der Waals surface area contributed by atoms with Gasteiger partial charge in [0.15, 0.2) is 0 Å². The summed E-state index contributed by atoms with van der Waals surface area (Å²) in [5.41, 5.74) is 1.15. The summed E-state index contributed by atoms with van der Waals surface area (Å²) in [4.78, 5) is 39.8. The summed E-state index contributed by atoms with van der Waals surface area (Å²) < 4.78 is 11.3. The topological polar surface area (TPSA) is 105 Å². The number of methoxy groups -OCH3 is 1. The van der Waals surface area contributed by atoms with Crippen LogP contribution in [-0.2, 0) is 24.7 Å². The van der Waals surface area contributed by atoms with E-state index in [1.165, 1.54) is 12.0 Å². The molecule has 1 saturated heterocycles. The van der Waals surface area contributed by atoms with Crippen molar-refractivity contribution < 1.29 is 29.0 Å². The molecule has 0 aromatic heterocycles. The molecule has 1 aliphatic rings. The van der Waals surface area contributed by atoms with Crippen molar-refractivity contribution in [3.05, 3.63) is 60.2 Å². The maximum absolute atomic E-state index is 13.7. The van der Waals surface area contributed by atoms with Crippen LogP contribution in [0.2, 0.25) is 0 Å². The molecule has 0 aliphatic carbocycles. The summed E-state index contributed by atoms with van der Waals surface area (Å²) in [6, 6.07) is 15.7. The third kappa shape index (κ3) is 6.89. The van der Waals surface area contributed by atoms with Gasteiger partial charge in [-0.15, -0.1) is 0 Å². The average Bonchev–Trinajstić information content (AvgIpc) is 3.24. The van der Waals surface area contributed by atoms with Crippen molar-refractivity contribution >= 4 is 18.0 Å². The lowest BCUT2D eigenvalue weighted by Crippen LogP contribution is -2.53. The number of aliphatic carboxylic acids is 1. The van der Waals surface area contributed by atoms with Gasteiger partial charge in [-0.1, -0.05) is 68.4 Å². The van der Waals surface area contributed by atoms with Crippen LogP contribution in [0.4, 0.5) is 4.79 Å². The summed E-state index contributed by atoms with van der Waals surface area (Å²) in [5.74, 6) is -1.51. The van der Waals surface area contributed by atoms with E-state index in [9.17, 15) is 19.5 Å². The SMILES string of the molecule is CO[C@@]1(c2ccc(-c3ccccc3)cc2)C[C@@H](C(=O)O)N(C(=O)C(CC(C)C)NC(=O)OC(C)(C)C)C1. The molecule has 1 heterocycles. The number of amides is 2. The lowest BCUT2D eigenvalue weighted by atomic mass is 9.89. The van der Waals surface area contributed by atoms with E-state index >= 15 is 0 Å². The van der Waals surface area contributed by atoms with Gasteiger partial charge >= 0.3 is 12.1 Å². The average molecular weight is 511 g/mol. The van der Waals surface area contributed by atoms with E-state index in [-0.39, 0.29) is 18.9 Å². The molecule has 2 amide bonds. The number of hydrogen-bond donors (Lipinski definition) is 2. The summed E-state index contributed by atoms with van der Waals surface area (Å²) in [5, 5.41) is 12.7. The van der Waals surface area contributed by atoms with Crippen LogP contribution >= 0.6 is 0 Å². The van der Waals surface area contributed by atoms with Crippen LogP contribution in [0.25, 0.3) is 11.1 Å². The van der Waals surface area contributed by atoms with Crippen molar-refractivity contribution in [3.8, 4) is 11.1 Å². The Morgan fingerprint density at radius 1 is 1.05 bits per heavy atom. The number of ether oxygens (including phenoxy) is 2. The maximum atomic E-state index is 13.7. The second kappa shape index (κ2) is 11.3. The smallest absolute Gasteiger partial charge is 0.408 e. The Kier molecular flexibility index (Phi) is 8.64. The number of alkyl carbamates (subject to hydrolysis) is 1. The predicted molar refractivity (Wildman–Crippen MR) is 141 cm³/mol. The molecule has 3 rings (SSSR count). The van der Waals surface area contributed by atoms with E-state index in [0.29, 0.717) is 6.42 Å². The van der Waals surface area contributed by atoms with Crippen molar-refractivity contribution in [1.29, 1.82) is 0 Å². The van der Waals surface area contributed by atoms with Crippen molar-refractivity contribution in [2.75, 3.05) is 13.7 Å². The molecule has 2 N–H and O–H groups in total.